The van der Waals surface area contributed by atoms with Crippen LogP contribution < -0.4 is 10.5 Å². The lowest BCUT2D eigenvalue weighted by Crippen LogP contribution is -2.31. The minimum absolute atomic E-state index is 0.0307. The molecule has 1 aromatic carbocycles. The number of nitrogens with two attached hydrogens (primary N) is 1. The number of benzene rings is 1. The third kappa shape index (κ3) is 2.14. The van der Waals surface area contributed by atoms with E-state index in [1.807, 2.05) is 35.0 Å². The van der Waals surface area contributed by atoms with Crippen molar-refractivity contribution in [1.29, 1.82) is 0 Å². The maximum Gasteiger partial charge on any atom is 0.204 e. The monoisotopic (exact) mass is 347 g/mol. The zero-order chi connectivity index (χ0) is 17.7. The molecule has 1 unspecified atom stereocenters. The Bertz CT molecular complexity index is 1140. The van der Waals surface area contributed by atoms with E-state index in [2.05, 4.69) is 21.0 Å². The molecule has 3 aromatic heterocycles. The molecule has 1 atom stereocenters. The normalized spacial score (nSPS) is 16.6. The molecular formula is C19H17N5O2. The molecule has 0 amide bonds. The number of rotatable bonds is 2. The van der Waals surface area contributed by atoms with Gasteiger partial charge < -0.3 is 15.2 Å². The number of hydrogen-bond donors (Lipinski definition) is 1. The first-order chi connectivity index (χ1) is 12.8. The van der Waals surface area contributed by atoms with Crippen LogP contribution in [0.25, 0.3) is 33.1 Å². The highest BCUT2D eigenvalue weighted by molar-refractivity contribution is 6.04. The van der Waals surface area contributed by atoms with Gasteiger partial charge in [0.2, 0.25) is 5.88 Å². The third-order valence-electron chi connectivity index (χ3n) is 4.83. The number of aromatic nitrogens is 4. The van der Waals surface area contributed by atoms with E-state index >= 15 is 0 Å². The Balaban J connectivity index is 1.81. The molecule has 4 heterocycles. The predicted octanol–water partition coefficient (Wildman–Crippen LogP) is 2.64. The molecular weight excluding hydrogens is 330 g/mol. The van der Waals surface area contributed by atoms with E-state index in [0.29, 0.717) is 19.0 Å². The van der Waals surface area contributed by atoms with Crippen molar-refractivity contribution >= 4 is 27.8 Å². The van der Waals surface area contributed by atoms with E-state index in [1.165, 1.54) is 6.33 Å². The van der Waals surface area contributed by atoms with Gasteiger partial charge in [-0.15, -0.1) is 0 Å². The van der Waals surface area contributed by atoms with Gasteiger partial charge in [0.05, 0.1) is 23.0 Å². The highest BCUT2D eigenvalue weighted by Crippen LogP contribution is 2.43. The Hall–Kier alpha value is -3.19. The van der Waals surface area contributed by atoms with Gasteiger partial charge in [0.15, 0.2) is 0 Å². The van der Waals surface area contributed by atoms with Crippen LogP contribution >= 0.6 is 0 Å². The highest BCUT2D eigenvalue weighted by Gasteiger charge is 2.29. The third-order valence-corrected chi connectivity index (χ3v) is 4.83. The fourth-order valence-electron chi connectivity index (χ4n) is 3.54. The summed E-state index contributed by atoms with van der Waals surface area (Å²) in [5, 5.41) is 1.84. The van der Waals surface area contributed by atoms with E-state index in [9.17, 15) is 0 Å². The summed E-state index contributed by atoms with van der Waals surface area (Å²) in [5.74, 6) is 1.16. The summed E-state index contributed by atoms with van der Waals surface area (Å²) < 4.78 is 13.5. The molecule has 0 saturated carbocycles. The van der Waals surface area contributed by atoms with Crippen molar-refractivity contribution in [3.05, 3.63) is 42.9 Å². The average Bonchev–Trinajstić information content (AvgIpc) is 3.02. The molecule has 1 aliphatic rings. The first kappa shape index (κ1) is 15.1. The number of pyridine rings is 1. The fraction of sp³-hybridized carbons (Fsp3) is 0.211. The second-order valence-electron chi connectivity index (χ2n) is 6.33. The number of hydrogen-bond acceptors (Lipinski definition) is 6. The van der Waals surface area contributed by atoms with Gasteiger partial charge >= 0.3 is 0 Å². The lowest BCUT2D eigenvalue weighted by molar-refractivity contribution is 0.0238. The second kappa shape index (κ2) is 5.67. The van der Waals surface area contributed by atoms with Crippen LogP contribution in [-0.2, 0) is 11.3 Å². The summed E-state index contributed by atoms with van der Waals surface area (Å²) in [6.07, 6.45) is 3.29. The Kier molecular flexibility index (Phi) is 3.29. The molecule has 0 spiro atoms. The molecule has 0 bridgehead atoms. The van der Waals surface area contributed by atoms with Gasteiger partial charge in [-0.05, 0) is 12.1 Å². The van der Waals surface area contributed by atoms with Crippen LogP contribution in [0, 0.1) is 0 Å². The number of nitrogen functional groups attached to an aromatic ring is 1. The molecule has 2 N–H and O–H groups in total. The van der Waals surface area contributed by atoms with Crippen molar-refractivity contribution in [1.82, 2.24) is 19.5 Å². The van der Waals surface area contributed by atoms with Crippen molar-refractivity contribution in [2.24, 2.45) is 0 Å². The zero-order valence-corrected chi connectivity index (χ0v) is 14.2. The molecule has 1 aliphatic heterocycles. The van der Waals surface area contributed by atoms with Gasteiger partial charge in [0.25, 0.3) is 0 Å². The first-order valence-corrected chi connectivity index (χ1v) is 8.39. The summed E-state index contributed by atoms with van der Waals surface area (Å²) in [5.41, 5.74) is 9.72. The molecule has 7 nitrogen and oxygen atoms in total. The van der Waals surface area contributed by atoms with Crippen LogP contribution in [0.2, 0.25) is 0 Å². The SMILES string of the molecule is COC1COc2c(-c3cnc4ccccc4c3)c3c(N)ncnc3n2C1. The van der Waals surface area contributed by atoms with Crippen molar-refractivity contribution in [3.63, 3.8) is 0 Å². The lowest BCUT2D eigenvalue weighted by Gasteiger charge is -2.25. The minimum Gasteiger partial charge on any atom is -0.475 e. The number of anilines is 1. The highest BCUT2D eigenvalue weighted by atomic mass is 16.5. The predicted molar refractivity (Wildman–Crippen MR) is 99.0 cm³/mol. The maximum atomic E-state index is 6.21. The van der Waals surface area contributed by atoms with Crippen molar-refractivity contribution < 1.29 is 9.47 Å². The molecule has 0 radical (unpaired) electrons. The molecule has 0 aliphatic carbocycles. The van der Waals surface area contributed by atoms with E-state index in [4.69, 9.17) is 15.2 Å². The van der Waals surface area contributed by atoms with Gasteiger partial charge in [-0.25, -0.2) is 9.97 Å². The second-order valence-corrected chi connectivity index (χ2v) is 6.33. The molecule has 4 aromatic rings. The fourth-order valence-corrected chi connectivity index (χ4v) is 3.54. The number of fused-ring (bicyclic) bond motifs is 4. The van der Waals surface area contributed by atoms with Crippen LogP contribution in [0.1, 0.15) is 0 Å². The van der Waals surface area contributed by atoms with Crippen molar-refractivity contribution in [2.45, 2.75) is 12.6 Å². The summed E-state index contributed by atoms with van der Waals surface area (Å²) >= 11 is 0. The Morgan fingerprint density at radius 1 is 1.23 bits per heavy atom. The van der Waals surface area contributed by atoms with Crippen molar-refractivity contribution in [3.8, 4) is 17.0 Å². The molecule has 7 heteroatoms. The largest absolute Gasteiger partial charge is 0.475 e. The smallest absolute Gasteiger partial charge is 0.204 e. The number of nitrogens with zero attached hydrogens (tertiary/aromatic N) is 4. The first-order valence-electron chi connectivity index (χ1n) is 8.39. The zero-order valence-electron chi connectivity index (χ0n) is 14.2. The molecule has 0 saturated heterocycles. The van der Waals surface area contributed by atoms with Crippen LogP contribution in [0.5, 0.6) is 5.88 Å². The van der Waals surface area contributed by atoms with E-state index in [-0.39, 0.29) is 6.10 Å². The summed E-state index contributed by atoms with van der Waals surface area (Å²) in [6, 6.07) is 10.1. The Morgan fingerprint density at radius 2 is 2.12 bits per heavy atom. The van der Waals surface area contributed by atoms with Crippen LogP contribution in [0.15, 0.2) is 42.9 Å². The summed E-state index contributed by atoms with van der Waals surface area (Å²) in [6.45, 7) is 1.13. The number of ether oxygens (including phenoxy) is 2. The van der Waals surface area contributed by atoms with Crippen LogP contribution in [0.3, 0.4) is 0 Å². The Morgan fingerprint density at radius 3 is 3.00 bits per heavy atom. The van der Waals surface area contributed by atoms with Gasteiger partial charge in [0.1, 0.15) is 30.5 Å². The molecule has 26 heavy (non-hydrogen) atoms. The summed E-state index contributed by atoms with van der Waals surface area (Å²) in [4.78, 5) is 13.2. The Labute approximate surface area is 149 Å². The van der Waals surface area contributed by atoms with Gasteiger partial charge in [-0.3, -0.25) is 9.55 Å². The topological polar surface area (TPSA) is 88.1 Å². The number of para-hydroxylation sites is 1. The minimum atomic E-state index is -0.0307. The lowest BCUT2D eigenvalue weighted by atomic mass is 10.0. The molecule has 0 fully saturated rings. The quantitative estimate of drug-likeness (QED) is 0.600. The van der Waals surface area contributed by atoms with Gasteiger partial charge in [0, 0.05) is 24.3 Å². The van der Waals surface area contributed by atoms with E-state index in [0.717, 1.165) is 38.9 Å². The summed E-state index contributed by atoms with van der Waals surface area (Å²) in [7, 11) is 1.68. The molecule has 5 rings (SSSR count). The van der Waals surface area contributed by atoms with E-state index in [1.54, 1.807) is 7.11 Å². The van der Waals surface area contributed by atoms with Gasteiger partial charge in [-0.1, -0.05) is 18.2 Å². The maximum absolute atomic E-state index is 6.21. The van der Waals surface area contributed by atoms with Crippen LogP contribution in [-0.4, -0.2) is 39.3 Å². The molecule has 130 valence electrons. The standard InChI is InChI=1S/C19H17N5O2/c1-25-13-8-24-18-16(17(20)22-10-23-18)15(19(24)26-9-13)12-6-11-4-2-3-5-14(11)21-7-12/h2-7,10,13H,8-9H2,1H3,(H2,20,22,23). The van der Waals surface area contributed by atoms with Crippen LogP contribution in [0.4, 0.5) is 5.82 Å². The van der Waals surface area contributed by atoms with E-state index < -0.39 is 0 Å². The van der Waals surface area contributed by atoms with Gasteiger partial charge in [-0.2, -0.15) is 0 Å². The van der Waals surface area contributed by atoms with Crippen molar-refractivity contribution in [2.75, 3.05) is 19.5 Å². The average molecular weight is 347 g/mol. The number of methoxy groups -OCH3 is 1.